The second kappa shape index (κ2) is 11.8. The lowest BCUT2D eigenvalue weighted by Gasteiger charge is -2.24. The normalized spacial score (nSPS) is 10.8. The number of hydrogen-bond donors (Lipinski definition) is 1. The lowest BCUT2D eigenvalue weighted by molar-refractivity contribution is -0.119. The first-order valence-electron chi connectivity index (χ1n) is 9.68. The lowest BCUT2D eigenvalue weighted by Crippen LogP contribution is -2.33. The molecule has 0 fully saturated rings. The summed E-state index contributed by atoms with van der Waals surface area (Å²) in [7, 11) is 5.44. The van der Waals surface area contributed by atoms with Gasteiger partial charge in [-0.3, -0.25) is 9.59 Å². The van der Waals surface area contributed by atoms with E-state index < -0.39 is 5.91 Å². The van der Waals surface area contributed by atoms with Gasteiger partial charge in [-0.15, -0.1) is 0 Å². The minimum absolute atomic E-state index is 0.162. The van der Waals surface area contributed by atoms with Gasteiger partial charge in [0, 0.05) is 18.7 Å². The molecule has 2 aromatic carbocycles. The maximum absolute atomic E-state index is 13.3. The van der Waals surface area contributed by atoms with Crippen molar-refractivity contribution >= 4 is 35.0 Å². The molecule has 0 atom stereocenters. The van der Waals surface area contributed by atoms with Crippen LogP contribution in [-0.2, 0) is 11.3 Å². The van der Waals surface area contributed by atoms with Gasteiger partial charge in [-0.1, -0.05) is 29.3 Å². The number of hydrogen-bond acceptors (Lipinski definition) is 5. The van der Waals surface area contributed by atoms with E-state index in [4.69, 9.17) is 38.4 Å². The smallest absolute Gasteiger partial charge is 0.255 e. The highest BCUT2D eigenvalue weighted by Gasteiger charge is 2.19. The Morgan fingerprint density at radius 2 is 1.74 bits per heavy atom. The van der Waals surface area contributed by atoms with Crippen LogP contribution in [0.4, 0.5) is 0 Å². The molecule has 2 rings (SSSR count). The highest BCUT2D eigenvalue weighted by Crippen LogP contribution is 2.29. The van der Waals surface area contributed by atoms with Gasteiger partial charge in [0.1, 0.15) is 0 Å². The van der Waals surface area contributed by atoms with Crippen LogP contribution in [0.5, 0.6) is 11.5 Å². The highest BCUT2D eigenvalue weighted by molar-refractivity contribution is 6.42. The quantitative estimate of drug-likeness (QED) is 0.546. The van der Waals surface area contributed by atoms with E-state index >= 15 is 0 Å². The summed E-state index contributed by atoms with van der Waals surface area (Å²) in [5, 5.41) is 0.907. The van der Waals surface area contributed by atoms with Crippen LogP contribution in [0.2, 0.25) is 10.0 Å². The van der Waals surface area contributed by atoms with E-state index in [2.05, 4.69) is 4.90 Å². The molecular formula is C22H27Cl2N3O4. The van der Waals surface area contributed by atoms with E-state index in [0.717, 1.165) is 18.5 Å². The van der Waals surface area contributed by atoms with Gasteiger partial charge in [-0.25, -0.2) is 0 Å². The standard InChI is InChI=1S/C22H27Cl2N3O4/c1-26(2)9-4-10-27(13-15-5-7-17(23)18(24)11-15)22(29)16-6-8-19(20(12-16)30-3)31-14-21(25)28/h5-8,11-12H,4,9-10,13-14H2,1-3H3,(H2,25,28). The largest absolute Gasteiger partial charge is 0.493 e. The van der Waals surface area contributed by atoms with Gasteiger partial charge in [0.25, 0.3) is 11.8 Å². The van der Waals surface area contributed by atoms with Crippen molar-refractivity contribution in [2.75, 3.05) is 40.9 Å². The van der Waals surface area contributed by atoms with Crippen molar-refractivity contribution in [2.45, 2.75) is 13.0 Å². The molecule has 9 heteroatoms. The summed E-state index contributed by atoms with van der Waals surface area (Å²) < 4.78 is 10.7. The van der Waals surface area contributed by atoms with Crippen LogP contribution >= 0.6 is 23.2 Å². The molecule has 0 spiro atoms. The van der Waals surface area contributed by atoms with E-state index in [1.807, 2.05) is 20.2 Å². The molecule has 0 heterocycles. The fourth-order valence-corrected chi connectivity index (χ4v) is 3.26. The summed E-state index contributed by atoms with van der Waals surface area (Å²) in [6.07, 6.45) is 0.803. The van der Waals surface area contributed by atoms with Gasteiger partial charge in [-0.05, 0) is 63.0 Å². The van der Waals surface area contributed by atoms with Crippen molar-refractivity contribution < 1.29 is 19.1 Å². The first-order valence-corrected chi connectivity index (χ1v) is 10.4. The zero-order chi connectivity index (χ0) is 23.0. The number of methoxy groups -OCH3 is 1. The molecule has 31 heavy (non-hydrogen) atoms. The molecule has 0 aliphatic heterocycles. The molecule has 2 amide bonds. The molecule has 0 saturated carbocycles. The van der Waals surface area contributed by atoms with Gasteiger partial charge in [-0.2, -0.15) is 0 Å². The average molecular weight is 468 g/mol. The van der Waals surface area contributed by atoms with Crippen LogP contribution in [-0.4, -0.2) is 62.5 Å². The maximum atomic E-state index is 13.3. The summed E-state index contributed by atoms with van der Waals surface area (Å²) in [4.78, 5) is 28.1. The fraction of sp³-hybridized carbons (Fsp3) is 0.364. The van der Waals surface area contributed by atoms with Crippen molar-refractivity contribution in [2.24, 2.45) is 5.73 Å². The molecule has 2 N–H and O–H groups in total. The van der Waals surface area contributed by atoms with Gasteiger partial charge in [0.2, 0.25) is 0 Å². The lowest BCUT2D eigenvalue weighted by atomic mass is 10.1. The summed E-state index contributed by atoms with van der Waals surface area (Å²) in [5.41, 5.74) is 6.44. The Kier molecular flexibility index (Phi) is 9.43. The van der Waals surface area contributed by atoms with Crippen LogP contribution in [0.25, 0.3) is 0 Å². The van der Waals surface area contributed by atoms with Gasteiger partial charge in [0.15, 0.2) is 18.1 Å². The molecule has 0 aliphatic carbocycles. The third-order valence-electron chi connectivity index (χ3n) is 4.46. The molecule has 0 aliphatic rings. The summed E-state index contributed by atoms with van der Waals surface area (Å²) >= 11 is 12.2. The zero-order valence-electron chi connectivity index (χ0n) is 17.9. The maximum Gasteiger partial charge on any atom is 0.255 e. The monoisotopic (exact) mass is 467 g/mol. The number of carbonyl (C=O) groups excluding carboxylic acids is 2. The first kappa shape index (κ1) is 24.8. The number of amides is 2. The number of ether oxygens (including phenoxy) is 2. The highest BCUT2D eigenvalue weighted by atomic mass is 35.5. The van der Waals surface area contributed by atoms with Crippen LogP contribution in [0.15, 0.2) is 36.4 Å². The Balaban J connectivity index is 2.25. The number of halogens is 2. The second-order valence-electron chi connectivity index (χ2n) is 7.25. The van der Waals surface area contributed by atoms with Crippen LogP contribution < -0.4 is 15.2 Å². The van der Waals surface area contributed by atoms with Crippen LogP contribution in [0.3, 0.4) is 0 Å². The van der Waals surface area contributed by atoms with E-state index in [1.165, 1.54) is 7.11 Å². The molecule has 168 valence electrons. The predicted molar refractivity (Wildman–Crippen MR) is 122 cm³/mol. The molecule has 0 aromatic heterocycles. The molecule has 0 unspecified atom stereocenters. The number of benzene rings is 2. The van der Waals surface area contributed by atoms with Crippen LogP contribution in [0.1, 0.15) is 22.3 Å². The van der Waals surface area contributed by atoms with Crippen molar-refractivity contribution in [3.63, 3.8) is 0 Å². The Bertz CT molecular complexity index is 922. The fourth-order valence-electron chi connectivity index (χ4n) is 2.94. The number of carbonyl (C=O) groups is 2. The number of nitrogens with zero attached hydrogens (tertiary/aromatic N) is 2. The zero-order valence-corrected chi connectivity index (χ0v) is 19.4. The molecular weight excluding hydrogens is 441 g/mol. The third kappa shape index (κ3) is 7.61. The van der Waals surface area contributed by atoms with Gasteiger partial charge in [0.05, 0.1) is 17.2 Å². The van der Waals surface area contributed by atoms with E-state index in [0.29, 0.717) is 40.2 Å². The Hall–Kier alpha value is -2.48. The van der Waals surface area contributed by atoms with Gasteiger partial charge >= 0.3 is 0 Å². The van der Waals surface area contributed by atoms with E-state index in [-0.39, 0.29) is 12.5 Å². The Morgan fingerprint density at radius 1 is 1.00 bits per heavy atom. The first-order chi connectivity index (χ1) is 14.7. The van der Waals surface area contributed by atoms with Gasteiger partial charge < -0.3 is 25.0 Å². The second-order valence-corrected chi connectivity index (χ2v) is 8.07. The van der Waals surface area contributed by atoms with Crippen molar-refractivity contribution in [1.82, 2.24) is 9.80 Å². The number of primary amides is 1. The Morgan fingerprint density at radius 3 is 2.35 bits per heavy atom. The Labute approximate surface area is 192 Å². The number of nitrogens with two attached hydrogens (primary N) is 1. The van der Waals surface area contributed by atoms with Crippen molar-refractivity contribution in [1.29, 1.82) is 0 Å². The predicted octanol–water partition coefficient (Wildman–Crippen LogP) is 3.46. The molecule has 0 saturated heterocycles. The summed E-state index contributed by atoms with van der Waals surface area (Å²) in [6, 6.07) is 10.1. The SMILES string of the molecule is COc1cc(C(=O)N(CCCN(C)C)Cc2ccc(Cl)c(Cl)c2)ccc1OCC(N)=O. The van der Waals surface area contributed by atoms with E-state index in [9.17, 15) is 9.59 Å². The molecule has 0 radical (unpaired) electrons. The van der Waals surface area contributed by atoms with Crippen molar-refractivity contribution in [3.8, 4) is 11.5 Å². The summed E-state index contributed by atoms with van der Waals surface area (Å²) in [5.74, 6) is -0.0863. The molecule has 2 aromatic rings. The summed E-state index contributed by atoms with van der Waals surface area (Å²) in [6.45, 7) is 1.50. The molecule has 7 nitrogen and oxygen atoms in total. The number of rotatable bonds is 11. The van der Waals surface area contributed by atoms with Crippen molar-refractivity contribution in [3.05, 3.63) is 57.6 Å². The topological polar surface area (TPSA) is 85.1 Å². The minimum atomic E-state index is -0.601. The third-order valence-corrected chi connectivity index (χ3v) is 5.20. The van der Waals surface area contributed by atoms with Crippen LogP contribution in [0, 0.1) is 0 Å². The minimum Gasteiger partial charge on any atom is -0.493 e. The molecule has 0 bridgehead atoms. The van der Waals surface area contributed by atoms with E-state index in [1.54, 1.807) is 35.2 Å². The average Bonchev–Trinajstić information content (AvgIpc) is 2.73.